The summed E-state index contributed by atoms with van der Waals surface area (Å²) in [6.45, 7) is 6.27. The van der Waals surface area contributed by atoms with Gasteiger partial charge in [-0.25, -0.2) is 0 Å². The fraction of sp³-hybridized carbons (Fsp3) is 0.240. The van der Waals surface area contributed by atoms with Crippen molar-refractivity contribution in [1.29, 1.82) is 0 Å². The van der Waals surface area contributed by atoms with Gasteiger partial charge in [-0.05, 0) is 49.4 Å². The third kappa shape index (κ3) is 3.55. The van der Waals surface area contributed by atoms with Crippen molar-refractivity contribution in [3.8, 4) is 11.5 Å². The number of fused-ring (bicyclic) bond motifs is 2. The predicted octanol–water partition coefficient (Wildman–Crippen LogP) is 5.38. The molecule has 0 N–H and O–H groups in total. The van der Waals surface area contributed by atoms with Crippen molar-refractivity contribution >= 4 is 23.2 Å². The van der Waals surface area contributed by atoms with Crippen LogP contribution in [0.3, 0.4) is 0 Å². The number of nitrogens with zero attached hydrogens (tertiary/aromatic N) is 1. The SMILES string of the molecule is Cc1cccc(/C=C2\Oc3c(cc4c(c3C)OCN(CCc3cccs3)C4)C2=O)c1. The number of carbonyl (C=O) groups excluding carboxylic acids is 1. The van der Waals surface area contributed by atoms with Crippen molar-refractivity contribution in [3.05, 3.63) is 86.3 Å². The van der Waals surface area contributed by atoms with Crippen LogP contribution in [0.25, 0.3) is 6.08 Å². The minimum Gasteiger partial charge on any atom is -0.477 e. The van der Waals surface area contributed by atoms with Crippen LogP contribution in [0.2, 0.25) is 0 Å². The number of Topliss-reactive ketones (excluding diaryl/α,β-unsaturated/α-hetero) is 1. The summed E-state index contributed by atoms with van der Waals surface area (Å²) in [5, 5.41) is 2.11. The first kappa shape index (κ1) is 19.1. The molecule has 0 unspecified atom stereocenters. The monoisotopic (exact) mass is 417 g/mol. The zero-order chi connectivity index (χ0) is 20.7. The first-order valence-electron chi connectivity index (χ1n) is 10.1. The van der Waals surface area contributed by atoms with Crippen LogP contribution in [0.15, 0.2) is 53.6 Å². The van der Waals surface area contributed by atoms with Gasteiger partial charge in [0.2, 0.25) is 5.78 Å². The Balaban J connectivity index is 1.39. The van der Waals surface area contributed by atoms with Crippen molar-refractivity contribution in [3.63, 3.8) is 0 Å². The number of allylic oxidation sites excluding steroid dienone is 1. The van der Waals surface area contributed by atoms with Crippen LogP contribution < -0.4 is 9.47 Å². The molecule has 0 saturated heterocycles. The van der Waals surface area contributed by atoms with Crippen molar-refractivity contribution in [2.75, 3.05) is 13.3 Å². The Kier molecular flexibility index (Phi) is 4.93. The molecule has 0 atom stereocenters. The molecule has 1 aromatic heterocycles. The number of aryl methyl sites for hydroxylation is 1. The van der Waals surface area contributed by atoms with Crippen LogP contribution in [0.4, 0.5) is 0 Å². The van der Waals surface area contributed by atoms with Gasteiger partial charge in [-0.3, -0.25) is 9.69 Å². The first-order chi connectivity index (χ1) is 14.6. The fourth-order valence-corrected chi connectivity index (χ4v) is 4.77. The summed E-state index contributed by atoms with van der Waals surface area (Å²) < 4.78 is 12.1. The Labute approximate surface area is 180 Å². The molecule has 4 nitrogen and oxygen atoms in total. The molecule has 3 aromatic rings. The Hall–Kier alpha value is -2.89. The minimum atomic E-state index is -0.0619. The van der Waals surface area contributed by atoms with Gasteiger partial charge in [-0.2, -0.15) is 0 Å². The van der Waals surface area contributed by atoms with Crippen LogP contribution in [-0.4, -0.2) is 24.0 Å². The zero-order valence-corrected chi connectivity index (χ0v) is 17.9. The van der Waals surface area contributed by atoms with E-state index in [4.69, 9.17) is 9.47 Å². The van der Waals surface area contributed by atoms with Gasteiger partial charge in [0.15, 0.2) is 5.76 Å². The topological polar surface area (TPSA) is 38.8 Å². The maximum atomic E-state index is 13.0. The number of thiophene rings is 1. The summed E-state index contributed by atoms with van der Waals surface area (Å²) in [4.78, 5) is 16.7. The number of hydrogen-bond donors (Lipinski definition) is 0. The van der Waals surface area contributed by atoms with Crippen molar-refractivity contribution < 1.29 is 14.3 Å². The first-order valence-corrected chi connectivity index (χ1v) is 11.0. The molecular formula is C25H23NO3S. The van der Waals surface area contributed by atoms with E-state index in [2.05, 4.69) is 22.4 Å². The van der Waals surface area contributed by atoms with E-state index in [9.17, 15) is 4.79 Å². The highest BCUT2D eigenvalue weighted by molar-refractivity contribution is 7.09. The number of ether oxygens (including phenoxy) is 2. The third-order valence-electron chi connectivity index (χ3n) is 5.60. The summed E-state index contributed by atoms with van der Waals surface area (Å²) in [6.07, 6.45) is 2.83. The maximum Gasteiger partial charge on any atom is 0.231 e. The number of benzene rings is 2. The van der Waals surface area contributed by atoms with E-state index < -0.39 is 0 Å². The van der Waals surface area contributed by atoms with E-state index in [-0.39, 0.29) is 5.78 Å². The van der Waals surface area contributed by atoms with Crippen LogP contribution in [0.1, 0.15) is 37.5 Å². The van der Waals surface area contributed by atoms with Gasteiger partial charge < -0.3 is 9.47 Å². The van der Waals surface area contributed by atoms with Gasteiger partial charge in [0.25, 0.3) is 0 Å². The van der Waals surface area contributed by atoms with Crippen molar-refractivity contribution in [1.82, 2.24) is 4.90 Å². The lowest BCUT2D eigenvalue weighted by atomic mass is 10.00. The molecule has 0 aliphatic carbocycles. The highest BCUT2D eigenvalue weighted by Gasteiger charge is 2.33. The van der Waals surface area contributed by atoms with Crippen molar-refractivity contribution in [2.45, 2.75) is 26.8 Å². The lowest BCUT2D eigenvalue weighted by Crippen LogP contribution is -2.34. The van der Waals surface area contributed by atoms with E-state index in [1.807, 2.05) is 50.3 Å². The molecule has 0 radical (unpaired) electrons. The van der Waals surface area contributed by atoms with E-state index >= 15 is 0 Å². The van der Waals surface area contributed by atoms with Gasteiger partial charge in [-0.1, -0.05) is 35.9 Å². The Morgan fingerprint density at radius 1 is 1.13 bits per heavy atom. The van der Waals surface area contributed by atoms with Gasteiger partial charge in [0.05, 0.1) is 5.56 Å². The van der Waals surface area contributed by atoms with Crippen LogP contribution in [0, 0.1) is 13.8 Å². The Morgan fingerprint density at radius 2 is 2.03 bits per heavy atom. The number of hydrogen-bond acceptors (Lipinski definition) is 5. The van der Waals surface area contributed by atoms with Crippen LogP contribution >= 0.6 is 11.3 Å². The van der Waals surface area contributed by atoms with E-state index in [1.165, 1.54) is 4.88 Å². The molecule has 0 fully saturated rings. The largest absolute Gasteiger partial charge is 0.477 e. The fourth-order valence-electron chi connectivity index (χ4n) is 4.07. The van der Waals surface area contributed by atoms with Gasteiger partial charge in [0.1, 0.15) is 18.2 Å². The van der Waals surface area contributed by atoms with Crippen LogP contribution in [-0.2, 0) is 13.0 Å². The van der Waals surface area contributed by atoms with Crippen molar-refractivity contribution in [2.24, 2.45) is 0 Å². The van der Waals surface area contributed by atoms with Gasteiger partial charge >= 0.3 is 0 Å². The summed E-state index contributed by atoms with van der Waals surface area (Å²) in [5.74, 6) is 1.79. The molecule has 2 aromatic carbocycles. The molecule has 30 heavy (non-hydrogen) atoms. The highest BCUT2D eigenvalue weighted by atomic mass is 32.1. The number of rotatable bonds is 4. The molecule has 5 rings (SSSR count). The van der Waals surface area contributed by atoms with E-state index in [1.54, 1.807) is 11.3 Å². The molecule has 2 aliphatic heterocycles. The molecule has 0 spiro atoms. The Morgan fingerprint density at radius 3 is 2.83 bits per heavy atom. The second kappa shape index (κ2) is 7.74. The predicted molar refractivity (Wildman–Crippen MR) is 119 cm³/mol. The number of carbonyl (C=O) groups is 1. The van der Waals surface area contributed by atoms with Gasteiger partial charge in [-0.15, -0.1) is 11.3 Å². The summed E-state index contributed by atoms with van der Waals surface area (Å²) in [6, 6.07) is 14.2. The average Bonchev–Trinajstić information content (AvgIpc) is 3.36. The van der Waals surface area contributed by atoms with E-state index in [0.717, 1.165) is 47.5 Å². The molecule has 0 bridgehead atoms. The summed E-state index contributed by atoms with van der Waals surface area (Å²) >= 11 is 1.78. The molecule has 2 aliphatic rings. The molecule has 152 valence electrons. The third-order valence-corrected chi connectivity index (χ3v) is 6.53. The lowest BCUT2D eigenvalue weighted by molar-refractivity contribution is 0.0956. The molecule has 0 saturated carbocycles. The van der Waals surface area contributed by atoms with Gasteiger partial charge in [0, 0.05) is 29.1 Å². The second-order valence-electron chi connectivity index (χ2n) is 7.88. The summed E-state index contributed by atoms with van der Waals surface area (Å²) in [7, 11) is 0. The minimum absolute atomic E-state index is 0.0619. The lowest BCUT2D eigenvalue weighted by Gasteiger charge is -2.30. The number of ketones is 1. The second-order valence-corrected chi connectivity index (χ2v) is 8.91. The maximum absolute atomic E-state index is 13.0. The van der Waals surface area contributed by atoms with Crippen LogP contribution in [0.5, 0.6) is 11.5 Å². The smallest absolute Gasteiger partial charge is 0.231 e. The molecule has 3 heterocycles. The molecule has 0 amide bonds. The molecule has 5 heteroatoms. The Bertz CT molecular complexity index is 1150. The average molecular weight is 418 g/mol. The summed E-state index contributed by atoms with van der Waals surface area (Å²) in [5.41, 5.74) is 4.70. The zero-order valence-electron chi connectivity index (χ0n) is 17.1. The molecular weight excluding hydrogens is 394 g/mol. The standard InChI is InChI=1S/C25H23NO3S/c1-16-5-3-6-18(11-16)12-22-23(27)21-13-19-14-26(9-8-20-7-4-10-30-20)15-28-24(19)17(2)25(21)29-22/h3-7,10-13H,8-9,14-15H2,1-2H3/b22-12-. The quantitative estimate of drug-likeness (QED) is 0.535. The highest BCUT2D eigenvalue weighted by Crippen LogP contribution is 2.43. The van der Waals surface area contributed by atoms with E-state index in [0.29, 0.717) is 23.8 Å². The normalized spacial score (nSPS) is 16.9.